The zero-order valence-corrected chi connectivity index (χ0v) is 12.5. The zero-order chi connectivity index (χ0) is 15.2. The third kappa shape index (κ3) is 4.72. The predicted molar refractivity (Wildman–Crippen MR) is 81.5 cm³/mol. The van der Waals surface area contributed by atoms with E-state index in [9.17, 15) is 9.18 Å². The Kier molecular flexibility index (Phi) is 5.11. The molecular weight excluding hydrogens is 339 g/mol. The molecule has 21 heavy (non-hydrogen) atoms. The fourth-order valence-corrected chi connectivity index (χ4v) is 2.06. The van der Waals surface area contributed by atoms with Gasteiger partial charge in [-0.25, -0.2) is 9.18 Å². The summed E-state index contributed by atoms with van der Waals surface area (Å²) in [5.74, 6) is -0.771. The molecule has 0 atom stereocenters. The summed E-state index contributed by atoms with van der Waals surface area (Å²) in [5.41, 5.74) is 1.47. The lowest BCUT2D eigenvalue weighted by atomic mass is 10.2. The van der Waals surface area contributed by atoms with E-state index >= 15 is 0 Å². The minimum atomic E-state index is -1.03. The topological polar surface area (TPSA) is 46.5 Å². The first-order valence-corrected chi connectivity index (χ1v) is 6.92. The molecule has 2 aromatic rings. The maximum atomic E-state index is 12.8. The molecule has 0 aliphatic heterocycles. The van der Waals surface area contributed by atoms with E-state index in [4.69, 9.17) is 9.84 Å². The molecule has 0 saturated carbocycles. The second-order valence-corrected chi connectivity index (χ2v) is 5.18. The Morgan fingerprint density at radius 3 is 2.62 bits per heavy atom. The maximum Gasteiger partial charge on any atom is 0.328 e. The summed E-state index contributed by atoms with van der Waals surface area (Å²) < 4.78 is 19.3. The van der Waals surface area contributed by atoms with Crippen molar-refractivity contribution in [3.05, 3.63) is 70.0 Å². The molecule has 1 N–H and O–H groups in total. The number of carbonyl (C=O) groups is 1. The smallest absolute Gasteiger partial charge is 0.328 e. The van der Waals surface area contributed by atoms with Gasteiger partial charge in [-0.05, 0) is 42.0 Å². The average molecular weight is 351 g/mol. The molecular formula is C16H12BrFO3. The number of aliphatic carboxylic acids is 1. The largest absolute Gasteiger partial charge is 0.488 e. The van der Waals surface area contributed by atoms with Gasteiger partial charge in [-0.15, -0.1) is 0 Å². The molecule has 0 amide bonds. The van der Waals surface area contributed by atoms with E-state index in [-0.39, 0.29) is 12.4 Å². The van der Waals surface area contributed by atoms with Crippen LogP contribution in [0.25, 0.3) is 6.08 Å². The number of benzene rings is 2. The Morgan fingerprint density at radius 1 is 1.24 bits per heavy atom. The van der Waals surface area contributed by atoms with Crippen LogP contribution in [0.15, 0.2) is 53.0 Å². The number of ether oxygens (including phenoxy) is 1. The molecule has 0 fully saturated rings. The molecule has 0 aliphatic rings. The highest BCUT2D eigenvalue weighted by Crippen LogP contribution is 2.25. The maximum absolute atomic E-state index is 12.8. The highest BCUT2D eigenvalue weighted by Gasteiger charge is 2.04. The fraction of sp³-hybridized carbons (Fsp3) is 0.0625. The molecule has 0 heterocycles. The zero-order valence-electron chi connectivity index (χ0n) is 10.9. The van der Waals surface area contributed by atoms with Crippen molar-refractivity contribution in [2.75, 3.05) is 0 Å². The van der Waals surface area contributed by atoms with Crippen molar-refractivity contribution in [2.45, 2.75) is 6.61 Å². The van der Waals surface area contributed by atoms with E-state index in [0.29, 0.717) is 11.3 Å². The quantitative estimate of drug-likeness (QED) is 0.819. The monoisotopic (exact) mass is 350 g/mol. The van der Waals surface area contributed by atoms with Gasteiger partial charge in [0.25, 0.3) is 0 Å². The van der Waals surface area contributed by atoms with Crippen LogP contribution in [0, 0.1) is 5.82 Å². The van der Waals surface area contributed by atoms with Crippen molar-refractivity contribution >= 4 is 28.0 Å². The van der Waals surface area contributed by atoms with Crippen LogP contribution in [0.1, 0.15) is 11.1 Å². The van der Waals surface area contributed by atoms with Crippen molar-refractivity contribution in [3.63, 3.8) is 0 Å². The second-order valence-electron chi connectivity index (χ2n) is 4.27. The molecule has 0 unspecified atom stereocenters. The molecule has 0 radical (unpaired) electrons. The van der Waals surface area contributed by atoms with Crippen LogP contribution in [0.4, 0.5) is 4.39 Å². The molecule has 0 aliphatic carbocycles. The van der Waals surface area contributed by atoms with Crippen LogP contribution in [0.3, 0.4) is 0 Å². The Morgan fingerprint density at radius 2 is 1.95 bits per heavy atom. The van der Waals surface area contributed by atoms with Gasteiger partial charge in [-0.2, -0.15) is 0 Å². The summed E-state index contributed by atoms with van der Waals surface area (Å²) in [4.78, 5) is 10.6. The van der Waals surface area contributed by atoms with Crippen molar-refractivity contribution in [1.29, 1.82) is 0 Å². The highest BCUT2D eigenvalue weighted by molar-refractivity contribution is 9.10. The standard InChI is InChI=1S/C16H12BrFO3/c17-13-4-7-15(12(9-13)3-8-16(19)20)21-10-11-1-5-14(18)6-2-11/h1-9H,10H2,(H,19,20). The van der Waals surface area contributed by atoms with E-state index in [1.807, 2.05) is 0 Å². The lowest BCUT2D eigenvalue weighted by Crippen LogP contribution is -1.97. The first kappa shape index (κ1) is 15.3. The van der Waals surface area contributed by atoms with Crippen LogP contribution >= 0.6 is 15.9 Å². The third-order valence-electron chi connectivity index (χ3n) is 2.68. The van der Waals surface area contributed by atoms with Crippen molar-refractivity contribution in [2.24, 2.45) is 0 Å². The summed E-state index contributed by atoms with van der Waals surface area (Å²) in [7, 11) is 0. The minimum absolute atomic E-state index is 0.274. The Labute approximate surface area is 129 Å². The highest BCUT2D eigenvalue weighted by atomic mass is 79.9. The second kappa shape index (κ2) is 7.04. The number of hydrogen-bond donors (Lipinski definition) is 1. The van der Waals surface area contributed by atoms with E-state index in [1.165, 1.54) is 18.2 Å². The Bertz CT molecular complexity index is 666. The molecule has 5 heteroatoms. The van der Waals surface area contributed by atoms with E-state index in [0.717, 1.165) is 16.1 Å². The summed E-state index contributed by atoms with van der Waals surface area (Å²) in [6, 6.07) is 11.3. The Hall–Kier alpha value is -2.14. The first-order valence-electron chi connectivity index (χ1n) is 6.12. The summed E-state index contributed by atoms with van der Waals surface area (Å²) in [5, 5.41) is 8.69. The van der Waals surface area contributed by atoms with E-state index < -0.39 is 5.97 Å². The first-order chi connectivity index (χ1) is 10.0. The van der Waals surface area contributed by atoms with Crippen LogP contribution < -0.4 is 4.74 Å². The number of rotatable bonds is 5. The molecule has 3 nitrogen and oxygen atoms in total. The molecule has 0 saturated heterocycles. The number of halogens is 2. The summed E-state index contributed by atoms with van der Waals surface area (Å²) in [6.45, 7) is 0.274. The van der Waals surface area contributed by atoms with Gasteiger partial charge in [0, 0.05) is 16.1 Å². The van der Waals surface area contributed by atoms with Crippen molar-refractivity contribution in [3.8, 4) is 5.75 Å². The van der Waals surface area contributed by atoms with Crippen LogP contribution in [0.2, 0.25) is 0 Å². The molecule has 0 spiro atoms. The number of carboxylic acid groups (broad SMARTS) is 1. The van der Waals surface area contributed by atoms with Crippen molar-refractivity contribution in [1.82, 2.24) is 0 Å². The van der Waals surface area contributed by atoms with Crippen LogP contribution in [-0.4, -0.2) is 11.1 Å². The predicted octanol–water partition coefficient (Wildman–Crippen LogP) is 4.27. The molecule has 0 aromatic heterocycles. The van der Waals surface area contributed by atoms with Gasteiger partial charge in [0.15, 0.2) is 0 Å². The molecule has 0 bridgehead atoms. The number of hydrogen-bond acceptors (Lipinski definition) is 2. The summed E-state index contributed by atoms with van der Waals surface area (Å²) >= 11 is 3.33. The summed E-state index contributed by atoms with van der Waals surface area (Å²) in [6.07, 6.45) is 2.51. The van der Waals surface area contributed by atoms with Gasteiger partial charge < -0.3 is 9.84 Å². The van der Waals surface area contributed by atoms with Gasteiger partial charge in [0.2, 0.25) is 0 Å². The van der Waals surface area contributed by atoms with Gasteiger partial charge in [-0.1, -0.05) is 28.1 Å². The normalized spacial score (nSPS) is 10.8. The molecule has 108 valence electrons. The fourth-order valence-electron chi connectivity index (χ4n) is 1.68. The minimum Gasteiger partial charge on any atom is -0.488 e. The van der Waals surface area contributed by atoms with Gasteiger partial charge in [0.1, 0.15) is 18.2 Å². The van der Waals surface area contributed by atoms with E-state index in [2.05, 4.69) is 15.9 Å². The lowest BCUT2D eigenvalue weighted by molar-refractivity contribution is -0.131. The Balaban J connectivity index is 2.15. The van der Waals surface area contributed by atoms with E-state index in [1.54, 1.807) is 30.3 Å². The third-order valence-corrected chi connectivity index (χ3v) is 3.18. The SMILES string of the molecule is O=C(O)C=Cc1cc(Br)ccc1OCc1ccc(F)cc1. The van der Waals surface area contributed by atoms with Crippen molar-refractivity contribution < 1.29 is 19.0 Å². The van der Waals surface area contributed by atoms with Crippen LogP contribution in [0.5, 0.6) is 5.75 Å². The van der Waals surface area contributed by atoms with Gasteiger partial charge in [0.05, 0.1) is 0 Å². The van der Waals surface area contributed by atoms with Gasteiger partial charge >= 0.3 is 5.97 Å². The van der Waals surface area contributed by atoms with Gasteiger partial charge in [-0.3, -0.25) is 0 Å². The van der Waals surface area contributed by atoms with Crippen LogP contribution in [-0.2, 0) is 11.4 Å². The molecule has 2 rings (SSSR count). The average Bonchev–Trinajstić information content (AvgIpc) is 2.45. The molecule has 2 aromatic carbocycles. The number of carboxylic acids is 1. The lowest BCUT2D eigenvalue weighted by Gasteiger charge is -2.10.